The van der Waals surface area contributed by atoms with Crippen LogP contribution in [0.1, 0.15) is 11.4 Å². The first-order valence-electron chi connectivity index (χ1n) is 5.64. The highest BCUT2D eigenvalue weighted by Gasteiger charge is 2.07. The predicted octanol–water partition coefficient (Wildman–Crippen LogP) is 1.98. The summed E-state index contributed by atoms with van der Waals surface area (Å²) in [5.41, 5.74) is 1.16. The van der Waals surface area contributed by atoms with Crippen LogP contribution in [-0.4, -0.2) is 22.5 Å². The molecule has 1 aromatic heterocycles. The van der Waals surface area contributed by atoms with Gasteiger partial charge < -0.3 is 9.88 Å². The highest BCUT2D eigenvalue weighted by molar-refractivity contribution is 9.10. The van der Waals surface area contributed by atoms with Gasteiger partial charge in [0.05, 0.1) is 0 Å². The SMILES string of the molecule is CNC(=O)Cn1ccnc1Cc1cccc(Br)c1. The maximum atomic E-state index is 11.4. The molecule has 0 aliphatic rings. The number of amides is 1. The number of benzene rings is 1. The number of hydrogen-bond acceptors (Lipinski definition) is 2. The molecule has 0 radical (unpaired) electrons. The lowest BCUT2D eigenvalue weighted by atomic mass is 10.1. The van der Waals surface area contributed by atoms with Crippen LogP contribution < -0.4 is 5.32 Å². The minimum Gasteiger partial charge on any atom is -0.358 e. The van der Waals surface area contributed by atoms with E-state index in [2.05, 4.69) is 32.3 Å². The van der Waals surface area contributed by atoms with E-state index in [1.54, 1.807) is 13.2 Å². The summed E-state index contributed by atoms with van der Waals surface area (Å²) in [6, 6.07) is 8.08. The number of carbonyl (C=O) groups excluding carboxylic acids is 1. The van der Waals surface area contributed by atoms with E-state index in [1.165, 1.54) is 0 Å². The third kappa shape index (κ3) is 3.20. The van der Waals surface area contributed by atoms with E-state index in [9.17, 15) is 4.79 Å². The zero-order valence-electron chi connectivity index (χ0n) is 10.1. The Balaban J connectivity index is 2.15. The van der Waals surface area contributed by atoms with Gasteiger partial charge in [-0.05, 0) is 17.7 Å². The Hall–Kier alpha value is -1.62. The second kappa shape index (κ2) is 5.82. The first kappa shape index (κ1) is 12.8. The van der Waals surface area contributed by atoms with Crippen molar-refractivity contribution in [2.24, 2.45) is 0 Å². The van der Waals surface area contributed by atoms with E-state index in [4.69, 9.17) is 0 Å². The highest BCUT2D eigenvalue weighted by atomic mass is 79.9. The monoisotopic (exact) mass is 307 g/mol. The van der Waals surface area contributed by atoms with Crippen LogP contribution in [0.15, 0.2) is 41.1 Å². The van der Waals surface area contributed by atoms with Gasteiger partial charge in [-0.2, -0.15) is 0 Å². The van der Waals surface area contributed by atoms with Crippen LogP contribution in [0, 0.1) is 0 Å². The minimum atomic E-state index is -0.0245. The van der Waals surface area contributed by atoms with Gasteiger partial charge in [0, 0.05) is 30.3 Å². The zero-order chi connectivity index (χ0) is 13.0. The fourth-order valence-electron chi connectivity index (χ4n) is 1.71. The van der Waals surface area contributed by atoms with E-state index < -0.39 is 0 Å². The largest absolute Gasteiger partial charge is 0.358 e. The lowest BCUT2D eigenvalue weighted by Crippen LogP contribution is -2.24. The highest BCUT2D eigenvalue weighted by Crippen LogP contribution is 2.14. The maximum absolute atomic E-state index is 11.4. The molecule has 5 heteroatoms. The molecule has 2 rings (SSSR count). The molecule has 0 bridgehead atoms. The first-order chi connectivity index (χ1) is 8.69. The molecule has 2 aromatic rings. The maximum Gasteiger partial charge on any atom is 0.239 e. The first-order valence-corrected chi connectivity index (χ1v) is 6.43. The van der Waals surface area contributed by atoms with E-state index in [1.807, 2.05) is 29.0 Å². The summed E-state index contributed by atoms with van der Waals surface area (Å²) in [7, 11) is 1.63. The van der Waals surface area contributed by atoms with E-state index in [-0.39, 0.29) is 5.91 Å². The Bertz CT molecular complexity index is 551. The van der Waals surface area contributed by atoms with E-state index >= 15 is 0 Å². The van der Waals surface area contributed by atoms with Crippen molar-refractivity contribution < 1.29 is 4.79 Å². The molecule has 4 nitrogen and oxygen atoms in total. The van der Waals surface area contributed by atoms with Gasteiger partial charge in [0.15, 0.2) is 0 Å². The smallest absolute Gasteiger partial charge is 0.239 e. The van der Waals surface area contributed by atoms with Gasteiger partial charge in [0.25, 0.3) is 0 Å². The molecule has 0 saturated carbocycles. The fraction of sp³-hybridized carbons (Fsp3) is 0.231. The predicted molar refractivity (Wildman–Crippen MR) is 73.2 cm³/mol. The Morgan fingerprint density at radius 1 is 1.50 bits per heavy atom. The average Bonchev–Trinajstić information content (AvgIpc) is 2.76. The number of nitrogens with zero attached hydrogens (tertiary/aromatic N) is 2. The van der Waals surface area contributed by atoms with Crippen molar-refractivity contribution in [3.8, 4) is 0 Å². The minimum absolute atomic E-state index is 0.0245. The molecule has 0 unspecified atom stereocenters. The summed E-state index contributed by atoms with van der Waals surface area (Å²) in [5.74, 6) is 0.861. The molecule has 1 aromatic carbocycles. The number of carbonyl (C=O) groups is 1. The Labute approximate surface area is 114 Å². The molecule has 0 aliphatic heterocycles. The number of aromatic nitrogens is 2. The average molecular weight is 308 g/mol. The van der Waals surface area contributed by atoms with Crippen molar-refractivity contribution in [2.75, 3.05) is 7.05 Å². The number of imidazole rings is 1. The molecule has 0 aliphatic carbocycles. The lowest BCUT2D eigenvalue weighted by molar-refractivity contribution is -0.121. The molecule has 1 N–H and O–H groups in total. The van der Waals surface area contributed by atoms with E-state index in [0.717, 1.165) is 15.9 Å². The summed E-state index contributed by atoms with van der Waals surface area (Å²) in [4.78, 5) is 15.7. The summed E-state index contributed by atoms with van der Waals surface area (Å²) in [6.45, 7) is 0.305. The van der Waals surface area contributed by atoms with Gasteiger partial charge in [-0.15, -0.1) is 0 Å². The van der Waals surface area contributed by atoms with Gasteiger partial charge in [-0.1, -0.05) is 28.1 Å². The Kier molecular flexibility index (Phi) is 4.15. The van der Waals surface area contributed by atoms with Crippen molar-refractivity contribution in [3.63, 3.8) is 0 Å². The number of rotatable bonds is 4. The number of nitrogens with one attached hydrogen (secondary N) is 1. The number of halogens is 1. The van der Waals surface area contributed by atoms with Crippen molar-refractivity contribution in [2.45, 2.75) is 13.0 Å². The van der Waals surface area contributed by atoms with Gasteiger partial charge >= 0.3 is 0 Å². The second-order valence-corrected chi connectivity index (χ2v) is 4.87. The Morgan fingerprint density at radius 3 is 3.06 bits per heavy atom. The van der Waals surface area contributed by atoms with E-state index in [0.29, 0.717) is 13.0 Å². The molecule has 0 atom stereocenters. The molecule has 0 fully saturated rings. The van der Waals surface area contributed by atoms with Crippen molar-refractivity contribution in [1.82, 2.24) is 14.9 Å². The van der Waals surface area contributed by atoms with Crippen LogP contribution in [0.5, 0.6) is 0 Å². The van der Waals surface area contributed by atoms with Crippen LogP contribution in [0.25, 0.3) is 0 Å². The summed E-state index contributed by atoms with van der Waals surface area (Å²) in [5, 5.41) is 2.61. The standard InChI is InChI=1S/C13H14BrN3O/c1-15-13(18)9-17-6-5-16-12(17)8-10-3-2-4-11(14)7-10/h2-7H,8-9H2,1H3,(H,15,18). The van der Waals surface area contributed by atoms with Crippen LogP contribution in [0.3, 0.4) is 0 Å². The molecule has 1 amide bonds. The van der Waals surface area contributed by atoms with Crippen molar-refractivity contribution in [1.29, 1.82) is 0 Å². The van der Waals surface area contributed by atoms with Gasteiger partial charge in [0.2, 0.25) is 5.91 Å². The fourth-order valence-corrected chi connectivity index (χ4v) is 2.16. The molecule has 1 heterocycles. The number of hydrogen-bond donors (Lipinski definition) is 1. The summed E-state index contributed by atoms with van der Waals surface area (Å²) < 4.78 is 2.91. The van der Waals surface area contributed by atoms with Crippen LogP contribution in [-0.2, 0) is 17.8 Å². The molecule has 0 spiro atoms. The van der Waals surface area contributed by atoms with Crippen LogP contribution >= 0.6 is 15.9 Å². The zero-order valence-corrected chi connectivity index (χ0v) is 11.6. The van der Waals surface area contributed by atoms with Gasteiger partial charge in [0.1, 0.15) is 12.4 Å². The number of likely N-dealkylation sites (N-methyl/N-ethyl adjacent to an activating group) is 1. The molecule has 94 valence electrons. The second-order valence-electron chi connectivity index (χ2n) is 3.95. The van der Waals surface area contributed by atoms with Gasteiger partial charge in [-0.3, -0.25) is 4.79 Å². The van der Waals surface area contributed by atoms with Crippen LogP contribution in [0.2, 0.25) is 0 Å². The third-order valence-electron chi connectivity index (χ3n) is 2.65. The normalized spacial score (nSPS) is 10.3. The Morgan fingerprint density at radius 2 is 2.33 bits per heavy atom. The lowest BCUT2D eigenvalue weighted by Gasteiger charge is -2.07. The molecule has 18 heavy (non-hydrogen) atoms. The van der Waals surface area contributed by atoms with Crippen molar-refractivity contribution in [3.05, 3.63) is 52.5 Å². The third-order valence-corrected chi connectivity index (χ3v) is 3.14. The summed E-state index contributed by atoms with van der Waals surface area (Å²) in [6.07, 6.45) is 4.25. The van der Waals surface area contributed by atoms with Crippen LogP contribution in [0.4, 0.5) is 0 Å². The molecular weight excluding hydrogens is 294 g/mol. The van der Waals surface area contributed by atoms with Gasteiger partial charge in [-0.25, -0.2) is 4.98 Å². The quantitative estimate of drug-likeness (QED) is 0.939. The molecule has 0 saturated heterocycles. The summed E-state index contributed by atoms with van der Waals surface area (Å²) >= 11 is 3.44. The molecular formula is C13H14BrN3O. The van der Waals surface area contributed by atoms with Crippen molar-refractivity contribution >= 4 is 21.8 Å². The topological polar surface area (TPSA) is 46.9 Å².